The molecule has 0 N–H and O–H groups in total. The van der Waals surface area contributed by atoms with Crippen LogP contribution >= 0.6 is 11.8 Å². The first-order valence-electron chi connectivity index (χ1n) is 6.28. The zero-order valence-corrected chi connectivity index (χ0v) is 11.8. The minimum Gasteiger partial charge on any atom is -0.423 e. The van der Waals surface area contributed by atoms with Crippen molar-refractivity contribution in [2.45, 2.75) is 17.6 Å². The van der Waals surface area contributed by atoms with Crippen LogP contribution in [0.1, 0.15) is 11.1 Å². The van der Waals surface area contributed by atoms with Crippen LogP contribution in [-0.4, -0.2) is 4.98 Å². The Morgan fingerprint density at radius 3 is 2.95 bits per heavy atom. The number of thioether (sulfide) groups is 1. The summed E-state index contributed by atoms with van der Waals surface area (Å²) in [6.07, 6.45) is 3.62. The van der Waals surface area contributed by atoms with Crippen LogP contribution in [0.2, 0.25) is 0 Å². The Morgan fingerprint density at radius 1 is 1.25 bits per heavy atom. The van der Waals surface area contributed by atoms with Gasteiger partial charge >= 0.3 is 5.63 Å². The number of rotatable bonds is 3. The number of pyridine rings is 1. The Hall–Kier alpha value is -2.07. The van der Waals surface area contributed by atoms with Crippen LogP contribution in [0.25, 0.3) is 11.0 Å². The molecule has 0 unspecified atom stereocenters. The largest absolute Gasteiger partial charge is 0.423 e. The first-order valence-corrected chi connectivity index (χ1v) is 7.27. The minimum atomic E-state index is -0.301. The van der Waals surface area contributed by atoms with Crippen LogP contribution in [0.4, 0.5) is 0 Å². The Bertz CT molecular complexity index is 796. The molecule has 0 radical (unpaired) electrons. The highest BCUT2D eigenvalue weighted by Gasteiger charge is 2.04. The van der Waals surface area contributed by atoms with E-state index in [9.17, 15) is 4.79 Å². The molecular weight excluding hydrogens is 270 g/mol. The molecule has 2 heterocycles. The fourth-order valence-corrected chi connectivity index (χ4v) is 2.90. The van der Waals surface area contributed by atoms with Crippen molar-refractivity contribution in [1.82, 2.24) is 4.98 Å². The van der Waals surface area contributed by atoms with Gasteiger partial charge in [0.1, 0.15) is 5.58 Å². The molecule has 100 valence electrons. The predicted octanol–water partition coefficient (Wildman–Crippen LogP) is 3.79. The van der Waals surface area contributed by atoms with Crippen molar-refractivity contribution in [2.24, 2.45) is 0 Å². The molecule has 0 atom stereocenters. The molecule has 0 bridgehead atoms. The molecule has 0 aliphatic carbocycles. The molecule has 20 heavy (non-hydrogen) atoms. The number of fused-ring (bicyclic) bond motifs is 1. The SMILES string of the molecule is Cc1cc(=O)oc2cc(SCc3cccnc3)ccc12. The Kier molecular flexibility index (Phi) is 3.56. The standard InChI is InChI=1S/C16H13NO2S/c1-11-7-16(18)19-15-8-13(4-5-14(11)15)20-10-12-3-2-6-17-9-12/h2-9H,10H2,1H3. The lowest BCUT2D eigenvalue weighted by Crippen LogP contribution is -1.97. The molecule has 0 saturated heterocycles. The molecule has 0 fully saturated rings. The van der Waals surface area contributed by atoms with Crippen LogP contribution in [0.15, 0.2) is 62.9 Å². The summed E-state index contributed by atoms with van der Waals surface area (Å²) in [6.45, 7) is 1.92. The van der Waals surface area contributed by atoms with E-state index in [0.717, 1.165) is 21.6 Å². The van der Waals surface area contributed by atoms with Crippen molar-refractivity contribution in [3.8, 4) is 0 Å². The van der Waals surface area contributed by atoms with Gasteiger partial charge in [-0.25, -0.2) is 4.79 Å². The molecular formula is C16H13NO2S. The fraction of sp³-hybridized carbons (Fsp3) is 0.125. The topological polar surface area (TPSA) is 43.1 Å². The van der Waals surface area contributed by atoms with Gasteiger partial charge in [0, 0.05) is 34.5 Å². The van der Waals surface area contributed by atoms with Gasteiger partial charge in [-0.05, 0) is 42.3 Å². The number of hydrogen-bond donors (Lipinski definition) is 0. The third kappa shape index (κ3) is 2.75. The van der Waals surface area contributed by atoms with E-state index in [1.807, 2.05) is 37.4 Å². The lowest BCUT2D eigenvalue weighted by Gasteiger charge is -2.04. The van der Waals surface area contributed by atoms with E-state index < -0.39 is 0 Å². The zero-order valence-electron chi connectivity index (χ0n) is 11.0. The molecule has 0 aliphatic rings. The maximum Gasteiger partial charge on any atom is 0.336 e. The highest BCUT2D eigenvalue weighted by atomic mass is 32.2. The molecule has 0 spiro atoms. The number of aromatic nitrogens is 1. The van der Waals surface area contributed by atoms with E-state index >= 15 is 0 Å². The van der Waals surface area contributed by atoms with Crippen molar-refractivity contribution in [3.63, 3.8) is 0 Å². The van der Waals surface area contributed by atoms with Crippen LogP contribution in [0.5, 0.6) is 0 Å². The van der Waals surface area contributed by atoms with Gasteiger partial charge in [-0.3, -0.25) is 4.98 Å². The van der Waals surface area contributed by atoms with Crippen molar-refractivity contribution in [3.05, 3.63) is 70.3 Å². The normalized spacial score (nSPS) is 10.8. The summed E-state index contributed by atoms with van der Waals surface area (Å²) in [6, 6.07) is 11.5. The zero-order chi connectivity index (χ0) is 13.9. The van der Waals surface area contributed by atoms with Crippen LogP contribution in [0, 0.1) is 6.92 Å². The van der Waals surface area contributed by atoms with Crippen molar-refractivity contribution >= 4 is 22.7 Å². The molecule has 0 amide bonds. The summed E-state index contributed by atoms with van der Waals surface area (Å²) < 4.78 is 5.25. The number of nitrogens with zero attached hydrogens (tertiary/aromatic N) is 1. The van der Waals surface area contributed by atoms with Crippen LogP contribution < -0.4 is 5.63 Å². The number of hydrogen-bond acceptors (Lipinski definition) is 4. The summed E-state index contributed by atoms with van der Waals surface area (Å²) in [4.78, 5) is 16.6. The van der Waals surface area contributed by atoms with Gasteiger partial charge in [-0.2, -0.15) is 0 Å². The molecule has 0 aliphatic heterocycles. The van der Waals surface area contributed by atoms with E-state index in [-0.39, 0.29) is 5.63 Å². The van der Waals surface area contributed by atoms with Gasteiger partial charge in [-0.1, -0.05) is 6.07 Å². The van der Waals surface area contributed by atoms with Crippen molar-refractivity contribution in [1.29, 1.82) is 0 Å². The lowest BCUT2D eigenvalue weighted by atomic mass is 10.1. The highest BCUT2D eigenvalue weighted by molar-refractivity contribution is 7.98. The second kappa shape index (κ2) is 5.51. The minimum absolute atomic E-state index is 0.301. The van der Waals surface area contributed by atoms with Crippen LogP contribution in [0.3, 0.4) is 0 Å². The second-order valence-corrected chi connectivity index (χ2v) is 5.61. The Balaban J connectivity index is 1.88. The third-order valence-corrected chi connectivity index (χ3v) is 4.12. The van der Waals surface area contributed by atoms with Gasteiger partial charge in [0.2, 0.25) is 0 Å². The molecule has 2 aromatic heterocycles. The quantitative estimate of drug-likeness (QED) is 0.542. The van der Waals surface area contributed by atoms with E-state index in [1.165, 1.54) is 11.6 Å². The third-order valence-electron chi connectivity index (χ3n) is 3.05. The van der Waals surface area contributed by atoms with Gasteiger partial charge in [0.15, 0.2) is 0 Å². The Morgan fingerprint density at radius 2 is 2.15 bits per heavy atom. The summed E-state index contributed by atoms with van der Waals surface area (Å²) in [5, 5.41) is 0.982. The molecule has 3 rings (SSSR count). The summed E-state index contributed by atoms with van der Waals surface area (Å²) in [5.41, 5.74) is 2.46. The highest BCUT2D eigenvalue weighted by Crippen LogP contribution is 2.26. The number of benzene rings is 1. The first-order chi connectivity index (χ1) is 9.72. The van der Waals surface area contributed by atoms with Gasteiger partial charge in [-0.15, -0.1) is 11.8 Å². The van der Waals surface area contributed by atoms with Crippen LogP contribution in [-0.2, 0) is 5.75 Å². The van der Waals surface area contributed by atoms with Crippen molar-refractivity contribution in [2.75, 3.05) is 0 Å². The smallest absolute Gasteiger partial charge is 0.336 e. The van der Waals surface area contributed by atoms with Gasteiger partial charge < -0.3 is 4.42 Å². The molecule has 3 nitrogen and oxygen atoms in total. The maximum absolute atomic E-state index is 11.4. The molecule has 1 aromatic carbocycles. The van der Waals surface area contributed by atoms with Crippen molar-refractivity contribution < 1.29 is 4.42 Å². The lowest BCUT2D eigenvalue weighted by molar-refractivity contribution is 0.559. The van der Waals surface area contributed by atoms with Gasteiger partial charge in [0.05, 0.1) is 0 Å². The first kappa shape index (κ1) is 12.9. The Labute approximate surface area is 120 Å². The van der Waals surface area contributed by atoms with E-state index in [4.69, 9.17) is 4.42 Å². The van der Waals surface area contributed by atoms with E-state index in [1.54, 1.807) is 18.0 Å². The molecule has 0 saturated carbocycles. The monoisotopic (exact) mass is 283 g/mol. The second-order valence-electron chi connectivity index (χ2n) is 4.56. The summed E-state index contributed by atoms with van der Waals surface area (Å²) in [5.74, 6) is 0.843. The number of aryl methyl sites for hydroxylation is 1. The summed E-state index contributed by atoms with van der Waals surface area (Å²) in [7, 11) is 0. The molecule has 3 aromatic rings. The van der Waals surface area contributed by atoms with Gasteiger partial charge in [0.25, 0.3) is 0 Å². The maximum atomic E-state index is 11.4. The average Bonchev–Trinajstić information content (AvgIpc) is 2.45. The summed E-state index contributed by atoms with van der Waals surface area (Å²) >= 11 is 1.70. The predicted molar refractivity (Wildman–Crippen MR) is 81.0 cm³/mol. The fourth-order valence-electron chi connectivity index (χ4n) is 2.05. The molecule has 4 heteroatoms. The average molecular weight is 283 g/mol. The van der Waals surface area contributed by atoms with E-state index in [0.29, 0.717) is 5.58 Å². The van der Waals surface area contributed by atoms with E-state index in [2.05, 4.69) is 11.1 Å².